The van der Waals surface area contributed by atoms with Crippen molar-refractivity contribution in [1.29, 1.82) is 0 Å². The van der Waals surface area contributed by atoms with Crippen LogP contribution >= 0.6 is 33.9 Å². The number of nitrogens with one attached hydrogen (secondary N) is 3. The number of aryl methyl sites for hydroxylation is 1. The molecule has 3 aromatic rings. The number of aromatic nitrogens is 4. The summed E-state index contributed by atoms with van der Waals surface area (Å²) in [5.74, 6) is -0.360. The van der Waals surface area contributed by atoms with Gasteiger partial charge in [0.15, 0.2) is 0 Å². The third-order valence-electron chi connectivity index (χ3n) is 3.23. The molecule has 2 aromatic heterocycles. The van der Waals surface area contributed by atoms with E-state index in [0.717, 1.165) is 5.01 Å². The van der Waals surface area contributed by atoms with Gasteiger partial charge in [-0.3, -0.25) is 14.6 Å². The number of halogens is 1. The summed E-state index contributed by atoms with van der Waals surface area (Å²) in [5, 5.41) is 17.7. The van der Waals surface area contributed by atoms with Gasteiger partial charge in [0.2, 0.25) is 5.13 Å². The van der Waals surface area contributed by atoms with Crippen LogP contribution in [0.4, 0.5) is 10.8 Å². The maximum absolute atomic E-state index is 12.4. The maximum atomic E-state index is 12.4. The molecular weight excluding hydrogens is 491 g/mol. The summed E-state index contributed by atoms with van der Waals surface area (Å²) in [4.78, 5) is 12.2. The molecule has 3 N–H and O–H groups in total. The second-order valence-corrected chi connectivity index (χ2v) is 8.94. The number of H-pyrrole nitrogens is 1. The number of amides is 1. The minimum absolute atomic E-state index is 0.0554. The van der Waals surface area contributed by atoms with Gasteiger partial charge in [0, 0.05) is 5.69 Å². The van der Waals surface area contributed by atoms with Gasteiger partial charge in [-0.15, -0.1) is 10.2 Å². The van der Waals surface area contributed by atoms with E-state index in [1.807, 2.05) is 29.5 Å². The van der Waals surface area contributed by atoms with Gasteiger partial charge in [-0.05, 0) is 53.3 Å². The zero-order valence-corrected chi connectivity index (χ0v) is 17.1. The molecule has 0 spiro atoms. The van der Waals surface area contributed by atoms with Crippen LogP contribution in [0.5, 0.6) is 0 Å². The van der Waals surface area contributed by atoms with Gasteiger partial charge >= 0.3 is 0 Å². The van der Waals surface area contributed by atoms with Gasteiger partial charge in [-0.1, -0.05) is 18.3 Å². The average Bonchev–Trinajstić information content (AvgIpc) is 3.23. The molecule has 0 radical (unpaired) electrons. The van der Waals surface area contributed by atoms with E-state index in [-0.39, 0.29) is 15.9 Å². The van der Waals surface area contributed by atoms with Crippen LogP contribution in [0.25, 0.3) is 0 Å². The Bertz CT molecular complexity index is 1030. The van der Waals surface area contributed by atoms with Crippen LogP contribution in [-0.2, 0) is 16.4 Å². The third kappa shape index (κ3) is 4.19. The number of sulfonamides is 1. The number of carbonyl (C=O) groups excluding carboxylic acids is 1. The van der Waals surface area contributed by atoms with E-state index in [1.165, 1.54) is 41.8 Å². The highest BCUT2D eigenvalue weighted by Crippen LogP contribution is 2.21. The van der Waals surface area contributed by atoms with Crippen molar-refractivity contribution in [3.05, 3.63) is 44.7 Å². The fourth-order valence-corrected chi connectivity index (χ4v) is 4.37. The number of carbonyl (C=O) groups is 1. The summed E-state index contributed by atoms with van der Waals surface area (Å²) in [6, 6.07) is 5.82. The molecule has 0 saturated heterocycles. The minimum Gasteiger partial charge on any atom is -0.321 e. The predicted molar refractivity (Wildman–Crippen MR) is 106 cm³/mol. The Kier molecular flexibility index (Phi) is 5.52. The van der Waals surface area contributed by atoms with Crippen LogP contribution in [0.2, 0.25) is 0 Å². The summed E-state index contributed by atoms with van der Waals surface area (Å²) in [6.45, 7) is 1.91. The first kappa shape index (κ1) is 18.7. The Labute approximate surface area is 166 Å². The fraction of sp³-hybridized carbons (Fsp3) is 0.143. The van der Waals surface area contributed by atoms with E-state index in [1.54, 1.807) is 0 Å². The molecule has 0 aliphatic rings. The molecule has 0 saturated carbocycles. The average molecular weight is 504 g/mol. The maximum Gasteiger partial charge on any atom is 0.274 e. The highest BCUT2D eigenvalue weighted by molar-refractivity contribution is 14.1. The van der Waals surface area contributed by atoms with Gasteiger partial charge in [0.1, 0.15) is 10.7 Å². The highest BCUT2D eigenvalue weighted by atomic mass is 127. The molecule has 0 aliphatic heterocycles. The van der Waals surface area contributed by atoms with Crippen molar-refractivity contribution in [1.82, 2.24) is 20.4 Å². The summed E-state index contributed by atoms with van der Waals surface area (Å²) in [7, 11) is -3.78. The van der Waals surface area contributed by atoms with Gasteiger partial charge in [0.05, 0.1) is 14.7 Å². The van der Waals surface area contributed by atoms with Gasteiger partial charge in [-0.2, -0.15) is 5.10 Å². The molecule has 2 heterocycles. The molecule has 0 fully saturated rings. The second kappa shape index (κ2) is 7.67. The number of nitrogens with zero attached hydrogens (tertiary/aromatic N) is 3. The second-order valence-electron chi connectivity index (χ2n) is 5.03. The lowest BCUT2D eigenvalue weighted by Gasteiger charge is -2.07. The van der Waals surface area contributed by atoms with Crippen molar-refractivity contribution in [2.24, 2.45) is 0 Å². The molecule has 0 bridgehead atoms. The SMILES string of the molecule is CCc1nnc(NS(=O)(=O)c2ccc(NC(=O)c3[nH]ncc3I)cc2)s1. The van der Waals surface area contributed by atoms with E-state index in [9.17, 15) is 13.2 Å². The molecule has 1 amide bonds. The number of aromatic amines is 1. The van der Waals surface area contributed by atoms with Gasteiger partial charge in [-0.25, -0.2) is 8.42 Å². The van der Waals surface area contributed by atoms with Crippen molar-refractivity contribution in [2.45, 2.75) is 18.2 Å². The first-order valence-electron chi connectivity index (χ1n) is 7.34. The molecule has 12 heteroatoms. The standard InChI is InChI=1S/C14H13IN6O3S2/c1-2-11-18-20-14(25-11)21-26(23,24)9-5-3-8(4-6-9)17-13(22)12-10(15)7-16-19-12/h3-7H,2H2,1H3,(H,16,19)(H,17,22)(H,20,21). The van der Waals surface area contributed by atoms with Gasteiger partial charge < -0.3 is 5.32 Å². The van der Waals surface area contributed by atoms with Crippen LogP contribution in [0.15, 0.2) is 35.4 Å². The molecular formula is C14H13IN6O3S2. The molecule has 0 unspecified atom stereocenters. The van der Waals surface area contributed by atoms with E-state index in [0.29, 0.717) is 21.4 Å². The van der Waals surface area contributed by atoms with E-state index in [2.05, 4.69) is 30.4 Å². The largest absolute Gasteiger partial charge is 0.321 e. The van der Waals surface area contributed by atoms with Crippen LogP contribution in [0.1, 0.15) is 22.4 Å². The zero-order chi connectivity index (χ0) is 18.7. The molecule has 0 aliphatic carbocycles. The van der Waals surface area contributed by atoms with E-state index < -0.39 is 10.0 Å². The van der Waals surface area contributed by atoms with Crippen molar-refractivity contribution in [3.8, 4) is 0 Å². The summed E-state index contributed by atoms with van der Waals surface area (Å²) >= 11 is 3.18. The van der Waals surface area contributed by atoms with Crippen LogP contribution < -0.4 is 10.0 Å². The quantitative estimate of drug-likeness (QED) is 0.443. The number of rotatable bonds is 6. The zero-order valence-electron chi connectivity index (χ0n) is 13.4. The van der Waals surface area contributed by atoms with Gasteiger partial charge in [0.25, 0.3) is 15.9 Å². The van der Waals surface area contributed by atoms with Crippen molar-refractivity contribution >= 4 is 60.7 Å². The van der Waals surface area contributed by atoms with Crippen molar-refractivity contribution < 1.29 is 13.2 Å². The normalized spacial score (nSPS) is 11.3. The minimum atomic E-state index is -3.78. The molecule has 3 rings (SSSR count). The monoisotopic (exact) mass is 504 g/mol. The predicted octanol–water partition coefficient (Wildman–Crippen LogP) is 2.48. The first-order chi connectivity index (χ1) is 12.4. The third-order valence-corrected chi connectivity index (χ3v) is 6.52. The lowest BCUT2D eigenvalue weighted by Crippen LogP contribution is -2.15. The topological polar surface area (TPSA) is 130 Å². The molecule has 9 nitrogen and oxygen atoms in total. The van der Waals surface area contributed by atoms with Crippen LogP contribution in [-0.4, -0.2) is 34.7 Å². The fourth-order valence-electron chi connectivity index (χ4n) is 1.95. The van der Waals surface area contributed by atoms with Crippen molar-refractivity contribution in [2.75, 3.05) is 10.0 Å². The lowest BCUT2D eigenvalue weighted by molar-refractivity contribution is 0.102. The molecule has 136 valence electrons. The van der Waals surface area contributed by atoms with E-state index >= 15 is 0 Å². The Morgan fingerprint density at radius 2 is 2.00 bits per heavy atom. The number of hydrogen-bond donors (Lipinski definition) is 3. The summed E-state index contributed by atoms with van der Waals surface area (Å²) in [6.07, 6.45) is 2.22. The van der Waals surface area contributed by atoms with Crippen LogP contribution in [0, 0.1) is 3.57 Å². The molecule has 0 atom stereocenters. The summed E-state index contributed by atoms with van der Waals surface area (Å²) < 4.78 is 27.9. The Morgan fingerprint density at radius 3 is 2.58 bits per heavy atom. The number of hydrogen-bond acceptors (Lipinski definition) is 7. The Hall–Kier alpha value is -2.06. The summed E-state index contributed by atoms with van der Waals surface area (Å²) in [5.41, 5.74) is 0.801. The highest BCUT2D eigenvalue weighted by Gasteiger charge is 2.17. The Morgan fingerprint density at radius 1 is 1.27 bits per heavy atom. The van der Waals surface area contributed by atoms with Crippen molar-refractivity contribution in [3.63, 3.8) is 0 Å². The number of benzene rings is 1. The van der Waals surface area contributed by atoms with Crippen LogP contribution in [0.3, 0.4) is 0 Å². The Balaban J connectivity index is 1.72. The molecule has 26 heavy (non-hydrogen) atoms. The first-order valence-corrected chi connectivity index (χ1v) is 10.7. The molecule has 1 aromatic carbocycles. The lowest BCUT2D eigenvalue weighted by atomic mass is 10.3. The van der Waals surface area contributed by atoms with E-state index in [4.69, 9.17) is 0 Å². The number of anilines is 2. The smallest absolute Gasteiger partial charge is 0.274 e.